The standard InChI is InChI=1S/C10H17NO2/c1-3-5-8-6-4-7-9(11-8)10(12)13-2/h3,8-9,11H,1,4-7H2,2H3. The third-order valence-corrected chi connectivity index (χ3v) is 2.42. The van der Waals surface area contributed by atoms with Crippen molar-refractivity contribution in [1.29, 1.82) is 0 Å². The fraction of sp³-hybridized carbons (Fsp3) is 0.700. The van der Waals surface area contributed by atoms with Gasteiger partial charge >= 0.3 is 5.97 Å². The molecule has 0 aromatic heterocycles. The molecule has 74 valence electrons. The number of hydrogen-bond donors (Lipinski definition) is 1. The predicted molar refractivity (Wildman–Crippen MR) is 51.4 cm³/mol. The highest BCUT2D eigenvalue weighted by molar-refractivity contribution is 5.75. The Morgan fingerprint density at radius 3 is 3.08 bits per heavy atom. The van der Waals surface area contributed by atoms with Crippen LogP contribution in [0.1, 0.15) is 25.7 Å². The van der Waals surface area contributed by atoms with E-state index < -0.39 is 0 Å². The molecule has 0 bridgehead atoms. The highest BCUT2D eigenvalue weighted by atomic mass is 16.5. The lowest BCUT2D eigenvalue weighted by molar-refractivity contribution is -0.144. The second-order valence-corrected chi connectivity index (χ2v) is 3.39. The lowest BCUT2D eigenvalue weighted by Crippen LogP contribution is -2.46. The SMILES string of the molecule is C=CCC1CCCC(C(=O)OC)N1. The molecule has 3 heteroatoms. The summed E-state index contributed by atoms with van der Waals surface area (Å²) in [5.41, 5.74) is 0. The third kappa shape index (κ3) is 2.84. The molecule has 2 atom stereocenters. The summed E-state index contributed by atoms with van der Waals surface area (Å²) in [5.74, 6) is -0.145. The van der Waals surface area contributed by atoms with Gasteiger partial charge in [-0.1, -0.05) is 6.08 Å². The van der Waals surface area contributed by atoms with E-state index in [-0.39, 0.29) is 12.0 Å². The quantitative estimate of drug-likeness (QED) is 0.528. The molecule has 0 radical (unpaired) electrons. The van der Waals surface area contributed by atoms with Crippen molar-refractivity contribution in [3.63, 3.8) is 0 Å². The number of carbonyl (C=O) groups excluding carboxylic acids is 1. The molecule has 1 saturated heterocycles. The number of rotatable bonds is 3. The van der Waals surface area contributed by atoms with Crippen molar-refractivity contribution in [2.24, 2.45) is 0 Å². The van der Waals surface area contributed by atoms with Crippen LogP contribution < -0.4 is 5.32 Å². The van der Waals surface area contributed by atoms with E-state index in [1.54, 1.807) is 0 Å². The van der Waals surface area contributed by atoms with Crippen molar-refractivity contribution in [2.75, 3.05) is 7.11 Å². The molecular weight excluding hydrogens is 166 g/mol. The van der Waals surface area contributed by atoms with E-state index in [1.165, 1.54) is 7.11 Å². The van der Waals surface area contributed by atoms with Gasteiger partial charge in [-0.25, -0.2) is 0 Å². The van der Waals surface area contributed by atoms with Crippen molar-refractivity contribution in [2.45, 2.75) is 37.8 Å². The lowest BCUT2D eigenvalue weighted by Gasteiger charge is -2.28. The Hall–Kier alpha value is -0.830. The number of esters is 1. The summed E-state index contributed by atoms with van der Waals surface area (Å²) in [6.45, 7) is 3.69. The molecule has 13 heavy (non-hydrogen) atoms. The molecule has 1 aliphatic rings. The monoisotopic (exact) mass is 183 g/mol. The molecule has 1 rings (SSSR count). The van der Waals surface area contributed by atoms with Crippen molar-refractivity contribution < 1.29 is 9.53 Å². The van der Waals surface area contributed by atoms with E-state index in [0.29, 0.717) is 6.04 Å². The van der Waals surface area contributed by atoms with Crippen LogP contribution >= 0.6 is 0 Å². The maximum absolute atomic E-state index is 11.2. The average molecular weight is 183 g/mol. The zero-order chi connectivity index (χ0) is 9.68. The van der Waals surface area contributed by atoms with Gasteiger partial charge in [0.1, 0.15) is 6.04 Å². The van der Waals surface area contributed by atoms with Crippen molar-refractivity contribution in [3.05, 3.63) is 12.7 Å². The summed E-state index contributed by atoms with van der Waals surface area (Å²) in [6, 6.07) is 0.291. The topological polar surface area (TPSA) is 38.3 Å². The molecule has 0 aromatic carbocycles. The summed E-state index contributed by atoms with van der Waals surface area (Å²) < 4.78 is 4.69. The Labute approximate surface area is 79.2 Å². The molecule has 1 heterocycles. The van der Waals surface area contributed by atoms with Gasteiger partial charge in [-0.2, -0.15) is 0 Å². The van der Waals surface area contributed by atoms with E-state index >= 15 is 0 Å². The van der Waals surface area contributed by atoms with Crippen molar-refractivity contribution in [1.82, 2.24) is 5.32 Å². The highest BCUT2D eigenvalue weighted by Gasteiger charge is 2.25. The Morgan fingerprint density at radius 2 is 2.46 bits per heavy atom. The Kier molecular flexibility index (Phi) is 3.96. The Bertz CT molecular complexity index is 191. The van der Waals surface area contributed by atoms with Crippen LogP contribution in [0.4, 0.5) is 0 Å². The van der Waals surface area contributed by atoms with Gasteiger partial charge in [-0.3, -0.25) is 4.79 Å². The van der Waals surface area contributed by atoms with Gasteiger partial charge in [-0.15, -0.1) is 6.58 Å². The first-order chi connectivity index (χ1) is 6.27. The summed E-state index contributed by atoms with van der Waals surface area (Å²) in [7, 11) is 1.43. The van der Waals surface area contributed by atoms with E-state index in [4.69, 9.17) is 0 Å². The molecule has 1 N–H and O–H groups in total. The highest BCUT2D eigenvalue weighted by Crippen LogP contribution is 2.15. The van der Waals surface area contributed by atoms with Crippen LogP contribution in [0.2, 0.25) is 0 Å². The van der Waals surface area contributed by atoms with Crippen LogP contribution in [0.5, 0.6) is 0 Å². The Balaban J connectivity index is 2.41. The van der Waals surface area contributed by atoms with Gasteiger partial charge in [0.2, 0.25) is 0 Å². The van der Waals surface area contributed by atoms with Crippen LogP contribution in [-0.2, 0) is 9.53 Å². The molecule has 0 amide bonds. The Morgan fingerprint density at radius 1 is 1.69 bits per heavy atom. The first kappa shape index (κ1) is 10.3. The molecule has 2 unspecified atom stereocenters. The molecular formula is C10H17NO2. The van der Waals surface area contributed by atoms with Gasteiger partial charge in [0.05, 0.1) is 7.11 Å². The fourth-order valence-corrected chi connectivity index (χ4v) is 1.73. The first-order valence-electron chi connectivity index (χ1n) is 4.72. The molecule has 1 aliphatic heterocycles. The largest absolute Gasteiger partial charge is 0.468 e. The second kappa shape index (κ2) is 5.02. The molecule has 3 nitrogen and oxygen atoms in total. The first-order valence-corrected chi connectivity index (χ1v) is 4.72. The van der Waals surface area contributed by atoms with E-state index in [1.807, 2.05) is 6.08 Å². The molecule has 0 spiro atoms. The zero-order valence-corrected chi connectivity index (χ0v) is 8.08. The van der Waals surface area contributed by atoms with Crippen LogP contribution in [0, 0.1) is 0 Å². The number of hydrogen-bond acceptors (Lipinski definition) is 3. The van der Waals surface area contributed by atoms with Crippen LogP contribution in [0.25, 0.3) is 0 Å². The van der Waals surface area contributed by atoms with Crippen LogP contribution in [-0.4, -0.2) is 25.2 Å². The molecule has 0 aromatic rings. The zero-order valence-electron chi connectivity index (χ0n) is 8.08. The predicted octanol–water partition coefficient (Wildman–Crippen LogP) is 1.25. The summed E-state index contributed by atoms with van der Waals surface area (Å²) in [6.07, 6.45) is 5.91. The van der Waals surface area contributed by atoms with E-state index in [2.05, 4.69) is 16.6 Å². The average Bonchev–Trinajstić information content (AvgIpc) is 2.18. The summed E-state index contributed by atoms with van der Waals surface area (Å²) >= 11 is 0. The normalized spacial score (nSPS) is 28.1. The summed E-state index contributed by atoms with van der Waals surface area (Å²) in [4.78, 5) is 11.2. The molecule has 0 aliphatic carbocycles. The maximum Gasteiger partial charge on any atom is 0.322 e. The van der Waals surface area contributed by atoms with Gasteiger partial charge in [0, 0.05) is 6.04 Å². The minimum absolute atomic E-state index is 0.108. The number of ether oxygens (including phenoxy) is 1. The van der Waals surface area contributed by atoms with E-state index in [0.717, 1.165) is 25.7 Å². The molecule has 0 saturated carbocycles. The lowest BCUT2D eigenvalue weighted by atomic mass is 9.96. The van der Waals surface area contributed by atoms with Crippen molar-refractivity contribution in [3.8, 4) is 0 Å². The number of methoxy groups -OCH3 is 1. The van der Waals surface area contributed by atoms with Gasteiger partial charge < -0.3 is 10.1 Å². The number of nitrogens with one attached hydrogen (secondary N) is 1. The summed E-state index contributed by atoms with van der Waals surface area (Å²) in [5, 5.41) is 3.26. The van der Waals surface area contributed by atoms with Crippen LogP contribution in [0.3, 0.4) is 0 Å². The van der Waals surface area contributed by atoms with Gasteiger partial charge in [-0.05, 0) is 25.7 Å². The second-order valence-electron chi connectivity index (χ2n) is 3.39. The third-order valence-electron chi connectivity index (χ3n) is 2.42. The maximum atomic E-state index is 11.2. The number of carbonyl (C=O) groups is 1. The van der Waals surface area contributed by atoms with Crippen LogP contribution in [0.15, 0.2) is 12.7 Å². The van der Waals surface area contributed by atoms with Gasteiger partial charge in [0.25, 0.3) is 0 Å². The van der Waals surface area contributed by atoms with Crippen molar-refractivity contribution >= 4 is 5.97 Å². The smallest absolute Gasteiger partial charge is 0.322 e. The van der Waals surface area contributed by atoms with Gasteiger partial charge in [0.15, 0.2) is 0 Å². The minimum Gasteiger partial charge on any atom is -0.468 e. The minimum atomic E-state index is -0.145. The molecule has 1 fully saturated rings. The fourth-order valence-electron chi connectivity index (χ4n) is 1.73. The number of piperidine rings is 1. The van der Waals surface area contributed by atoms with E-state index in [9.17, 15) is 4.79 Å².